The average molecular weight is 340 g/mol. The van der Waals surface area contributed by atoms with Crippen LogP contribution in [0.5, 0.6) is 0 Å². The summed E-state index contributed by atoms with van der Waals surface area (Å²) in [5.74, 6) is 1.64. The van der Waals surface area contributed by atoms with Crippen LogP contribution in [0.1, 0.15) is 24.1 Å². The Morgan fingerprint density at radius 3 is 2.31 bits per heavy atom. The van der Waals surface area contributed by atoms with Crippen molar-refractivity contribution in [2.75, 3.05) is 5.32 Å². The Kier molecular flexibility index (Phi) is 3.32. The molecule has 1 fully saturated rings. The molecule has 26 heavy (non-hydrogen) atoms. The van der Waals surface area contributed by atoms with E-state index < -0.39 is 0 Å². The van der Waals surface area contributed by atoms with Crippen molar-refractivity contribution in [3.8, 4) is 11.4 Å². The monoisotopic (exact) mass is 340 g/mol. The summed E-state index contributed by atoms with van der Waals surface area (Å²) in [5, 5.41) is 4.79. The minimum absolute atomic E-state index is 0.0122. The highest BCUT2D eigenvalue weighted by Crippen LogP contribution is 2.48. The normalized spacial score (nSPS) is 15.1. The fraction of sp³-hybridized carbons (Fsp3) is 0.182. The van der Waals surface area contributed by atoms with Crippen molar-refractivity contribution in [1.29, 1.82) is 0 Å². The Hall–Kier alpha value is -3.14. The number of nitrogens with one attached hydrogen (secondary N) is 2. The lowest BCUT2D eigenvalue weighted by Gasteiger charge is -2.19. The smallest absolute Gasteiger partial charge is 0.163 e. The van der Waals surface area contributed by atoms with E-state index in [1.807, 2.05) is 30.3 Å². The van der Waals surface area contributed by atoms with Gasteiger partial charge in [-0.15, -0.1) is 0 Å². The third-order valence-electron chi connectivity index (χ3n) is 5.09. The Bertz CT molecular complexity index is 1060. The lowest BCUT2D eigenvalue weighted by molar-refractivity contribution is 0.802. The first-order valence-electron chi connectivity index (χ1n) is 9.00. The van der Waals surface area contributed by atoms with Crippen molar-refractivity contribution in [2.45, 2.75) is 25.3 Å². The molecule has 4 nitrogen and oxygen atoms in total. The molecule has 4 aromatic rings. The topological polar surface area (TPSA) is 53.6 Å². The summed E-state index contributed by atoms with van der Waals surface area (Å²) in [6.07, 6.45) is 2.24. The number of nitrogens with zero attached hydrogens (tertiary/aromatic N) is 2. The van der Waals surface area contributed by atoms with Gasteiger partial charge in [0.2, 0.25) is 0 Å². The van der Waals surface area contributed by atoms with Crippen molar-refractivity contribution in [2.24, 2.45) is 0 Å². The van der Waals surface area contributed by atoms with E-state index >= 15 is 0 Å². The number of aromatic nitrogens is 3. The molecule has 1 saturated carbocycles. The van der Waals surface area contributed by atoms with E-state index in [1.165, 1.54) is 5.56 Å². The number of H-pyrrole nitrogens is 1. The molecule has 0 unspecified atom stereocenters. The molecule has 0 aliphatic heterocycles. The van der Waals surface area contributed by atoms with Crippen LogP contribution in [-0.4, -0.2) is 15.0 Å². The Morgan fingerprint density at radius 2 is 1.62 bits per heavy atom. The summed E-state index contributed by atoms with van der Waals surface area (Å²) >= 11 is 0. The number of hydrogen-bond donors (Lipinski definition) is 2. The van der Waals surface area contributed by atoms with Crippen LogP contribution in [0.25, 0.3) is 22.4 Å². The predicted octanol–water partition coefficient (Wildman–Crippen LogP) is 5.03. The lowest BCUT2D eigenvalue weighted by Crippen LogP contribution is -2.19. The van der Waals surface area contributed by atoms with Crippen LogP contribution in [0, 0.1) is 6.92 Å². The molecule has 2 aromatic carbocycles. The molecule has 128 valence electrons. The highest BCUT2D eigenvalue weighted by atomic mass is 15.1. The quantitative estimate of drug-likeness (QED) is 0.547. The van der Waals surface area contributed by atoms with Crippen molar-refractivity contribution in [3.05, 3.63) is 78.0 Å². The SMILES string of the molecule is Cc1cc2c(NC3(c4ccccc4)CC3)nc(-c3ccccc3)nc2[nH]1. The van der Waals surface area contributed by atoms with Gasteiger partial charge in [0.25, 0.3) is 0 Å². The number of fused-ring (bicyclic) bond motifs is 1. The first kappa shape index (κ1) is 15.1. The zero-order chi connectivity index (χ0) is 17.6. The highest BCUT2D eigenvalue weighted by Gasteiger charge is 2.44. The number of benzene rings is 2. The molecule has 2 aromatic heterocycles. The van der Waals surface area contributed by atoms with Gasteiger partial charge in [0.1, 0.15) is 11.5 Å². The van der Waals surface area contributed by atoms with Gasteiger partial charge in [-0.3, -0.25) is 0 Å². The zero-order valence-electron chi connectivity index (χ0n) is 14.7. The molecular formula is C22H20N4. The van der Waals surface area contributed by atoms with Gasteiger partial charge >= 0.3 is 0 Å². The van der Waals surface area contributed by atoms with E-state index in [0.717, 1.165) is 46.8 Å². The standard InChI is InChI=1S/C22H20N4/c1-15-14-18-20(23-15)24-19(16-8-4-2-5-9-16)25-21(18)26-22(12-13-22)17-10-6-3-7-11-17/h2-11,14H,12-13H2,1H3,(H2,23,24,25,26). The van der Waals surface area contributed by atoms with Crippen molar-refractivity contribution in [3.63, 3.8) is 0 Å². The molecule has 0 spiro atoms. The molecule has 1 aliphatic carbocycles. The predicted molar refractivity (Wildman–Crippen MR) is 105 cm³/mol. The first-order valence-corrected chi connectivity index (χ1v) is 9.00. The fourth-order valence-electron chi connectivity index (χ4n) is 3.55. The summed E-state index contributed by atoms with van der Waals surface area (Å²) < 4.78 is 0. The van der Waals surface area contributed by atoms with Gasteiger partial charge in [-0.25, -0.2) is 9.97 Å². The molecule has 0 bridgehead atoms. The van der Waals surface area contributed by atoms with Crippen LogP contribution < -0.4 is 5.32 Å². The lowest BCUT2D eigenvalue weighted by atomic mass is 10.0. The van der Waals surface area contributed by atoms with E-state index in [9.17, 15) is 0 Å². The second-order valence-corrected chi connectivity index (χ2v) is 7.05. The molecule has 0 radical (unpaired) electrons. The molecule has 5 rings (SSSR count). The highest BCUT2D eigenvalue weighted by molar-refractivity contribution is 5.90. The number of rotatable bonds is 4. The molecule has 4 heteroatoms. The Balaban J connectivity index is 1.63. The van der Waals surface area contributed by atoms with Crippen LogP contribution in [0.3, 0.4) is 0 Å². The van der Waals surface area contributed by atoms with Gasteiger partial charge in [-0.05, 0) is 31.4 Å². The third-order valence-corrected chi connectivity index (χ3v) is 5.09. The molecule has 0 saturated heterocycles. The molecule has 1 aliphatic rings. The van der Waals surface area contributed by atoms with Gasteiger partial charge in [-0.1, -0.05) is 60.7 Å². The number of aromatic amines is 1. The first-order chi connectivity index (χ1) is 12.7. The van der Waals surface area contributed by atoms with Gasteiger partial charge in [0.05, 0.1) is 10.9 Å². The van der Waals surface area contributed by atoms with E-state index in [1.54, 1.807) is 0 Å². The van der Waals surface area contributed by atoms with Gasteiger partial charge in [0, 0.05) is 11.3 Å². The van der Waals surface area contributed by atoms with E-state index in [4.69, 9.17) is 9.97 Å². The van der Waals surface area contributed by atoms with Gasteiger partial charge in [0.15, 0.2) is 5.82 Å². The van der Waals surface area contributed by atoms with Crippen LogP contribution in [0.15, 0.2) is 66.7 Å². The zero-order valence-corrected chi connectivity index (χ0v) is 14.7. The Labute approximate surface area is 152 Å². The van der Waals surface area contributed by atoms with E-state index in [0.29, 0.717) is 0 Å². The second-order valence-electron chi connectivity index (χ2n) is 7.05. The summed E-state index contributed by atoms with van der Waals surface area (Å²) in [4.78, 5) is 13.0. The maximum atomic E-state index is 4.89. The molecule has 0 amide bonds. The minimum Gasteiger partial charge on any atom is -0.360 e. The summed E-state index contributed by atoms with van der Waals surface area (Å²) in [7, 11) is 0. The van der Waals surface area contributed by atoms with Crippen LogP contribution in [0.4, 0.5) is 5.82 Å². The third kappa shape index (κ3) is 2.54. The maximum absolute atomic E-state index is 4.89. The van der Waals surface area contributed by atoms with Gasteiger partial charge in [-0.2, -0.15) is 0 Å². The van der Waals surface area contributed by atoms with E-state index in [-0.39, 0.29) is 5.54 Å². The van der Waals surface area contributed by atoms with Crippen LogP contribution in [-0.2, 0) is 5.54 Å². The van der Waals surface area contributed by atoms with Crippen molar-refractivity contribution in [1.82, 2.24) is 15.0 Å². The van der Waals surface area contributed by atoms with Gasteiger partial charge < -0.3 is 10.3 Å². The number of aryl methyl sites for hydroxylation is 1. The maximum Gasteiger partial charge on any atom is 0.163 e. The molecule has 2 heterocycles. The largest absolute Gasteiger partial charge is 0.360 e. The Morgan fingerprint density at radius 1 is 0.923 bits per heavy atom. The van der Waals surface area contributed by atoms with Crippen LogP contribution >= 0.6 is 0 Å². The van der Waals surface area contributed by atoms with Crippen molar-refractivity contribution < 1.29 is 0 Å². The molecule has 0 atom stereocenters. The minimum atomic E-state index is -0.0122. The molecular weight excluding hydrogens is 320 g/mol. The fourth-order valence-corrected chi connectivity index (χ4v) is 3.55. The molecule has 2 N–H and O–H groups in total. The number of anilines is 1. The average Bonchev–Trinajstić information content (AvgIpc) is 3.36. The van der Waals surface area contributed by atoms with Crippen molar-refractivity contribution >= 4 is 16.9 Å². The summed E-state index contributed by atoms with van der Waals surface area (Å²) in [6, 6.07) is 22.9. The summed E-state index contributed by atoms with van der Waals surface area (Å²) in [6.45, 7) is 2.05. The summed E-state index contributed by atoms with van der Waals surface area (Å²) in [5.41, 5.74) is 4.30. The number of hydrogen-bond acceptors (Lipinski definition) is 3. The second kappa shape index (κ2) is 5.70. The van der Waals surface area contributed by atoms with E-state index in [2.05, 4.69) is 53.6 Å². The van der Waals surface area contributed by atoms with Crippen LogP contribution in [0.2, 0.25) is 0 Å².